The second-order valence-corrected chi connectivity index (χ2v) is 8.08. The Morgan fingerprint density at radius 2 is 1.17 bits per heavy atom. The first-order chi connectivity index (χ1) is 17.1. The Balaban J connectivity index is 2.02. The van der Waals surface area contributed by atoms with Crippen LogP contribution >= 0.6 is 0 Å². The highest BCUT2D eigenvalue weighted by molar-refractivity contribution is 6.15. The number of nitrogens with one attached hydrogen (secondary N) is 4. The van der Waals surface area contributed by atoms with Crippen molar-refractivity contribution >= 4 is 68.2 Å². The number of aromatic nitrogens is 8. The van der Waals surface area contributed by atoms with Crippen LogP contribution < -0.4 is 33.8 Å². The molecule has 16 N–H and O–H groups in total. The number of pyridine rings is 2. The normalized spacial score (nSPS) is 14.0. The van der Waals surface area contributed by atoms with Crippen molar-refractivity contribution in [3.05, 3.63) is 35.4 Å². The molecule has 0 amide bonds. The smallest absolute Gasteiger partial charge is 0.228 e. The van der Waals surface area contributed by atoms with E-state index in [1.807, 2.05) is 0 Å². The SMILES string of the molecule is N=C1CC(=N)c2nc1nc1nc(nc3nc([nH]c4nc([nH]2)c(N)cc4N)C(=[NH2+])CC3=[NH2+])c(N)cc1N. The van der Waals surface area contributed by atoms with Crippen molar-refractivity contribution in [1.82, 2.24) is 39.9 Å². The van der Waals surface area contributed by atoms with Gasteiger partial charge in [0.15, 0.2) is 34.2 Å². The summed E-state index contributed by atoms with van der Waals surface area (Å²) < 4.78 is 0. The summed E-state index contributed by atoms with van der Waals surface area (Å²) in [6, 6.07) is 2.92. The van der Waals surface area contributed by atoms with E-state index in [4.69, 9.17) is 44.6 Å². The van der Waals surface area contributed by atoms with Crippen LogP contribution in [-0.4, -0.2) is 62.7 Å². The number of hydrogen-bond acceptors (Lipinski definition) is 12. The molecule has 3 aromatic heterocycles. The number of anilines is 4. The topological polar surface area (TPSA) is 312 Å². The molecule has 5 rings (SSSR count). The van der Waals surface area contributed by atoms with E-state index in [2.05, 4.69) is 39.9 Å². The summed E-state index contributed by atoms with van der Waals surface area (Å²) in [5, 5.41) is 28.9. The van der Waals surface area contributed by atoms with Crippen LogP contribution in [0.15, 0.2) is 12.1 Å². The first kappa shape index (κ1) is 22.3. The molecule has 8 bridgehead atoms. The molecule has 3 aromatic rings. The van der Waals surface area contributed by atoms with Gasteiger partial charge in [0.25, 0.3) is 0 Å². The zero-order chi connectivity index (χ0) is 25.7. The van der Waals surface area contributed by atoms with E-state index in [-0.39, 0.29) is 98.6 Å². The van der Waals surface area contributed by atoms with Gasteiger partial charge in [-0.3, -0.25) is 10.8 Å². The second kappa shape index (κ2) is 8.05. The van der Waals surface area contributed by atoms with E-state index in [9.17, 15) is 0 Å². The van der Waals surface area contributed by atoms with Crippen molar-refractivity contribution < 1.29 is 10.8 Å². The lowest BCUT2D eigenvalue weighted by molar-refractivity contribution is -0.124. The lowest BCUT2D eigenvalue weighted by Crippen LogP contribution is -2.51. The average Bonchev–Trinajstić information content (AvgIpc) is 2.79. The molecule has 16 heteroatoms. The maximum Gasteiger partial charge on any atom is 0.228 e. The van der Waals surface area contributed by atoms with Gasteiger partial charge in [0, 0.05) is 6.42 Å². The number of rotatable bonds is 0. The maximum atomic E-state index is 8.30. The molecule has 0 fully saturated rings. The third-order valence-electron chi connectivity index (χ3n) is 5.33. The molecule has 2 aliphatic rings. The fourth-order valence-corrected chi connectivity index (χ4v) is 3.47. The van der Waals surface area contributed by atoms with Gasteiger partial charge in [-0.2, -0.15) is 4.98 Å². The van der Waals surface area contributed by atoms with Crippen LogP contribution in [0.4, 0.5) is 22.7 Å². The zero-order valence-corrected chi connectivity index (χ0v) is 18.7. The Kier molecular flexibility index (Phi) is 4.98. The third kappa shape index (κ3) is 3.87. The van der Waals surface area contributed by atoms with Crippen LogP contribution in [-0.2, 0) is 0 Å². The van der Waals surface area contributed by atoms with Gasteiger partial charge in [-0.1, -0.05) is 0 Å². The molecule has 0 atom stereocenters. The molecule has 0 saturated carbocycles. The molecule has 5 heterocycles. The fraction of sp³-hybridized carbons (Fsp3) is 0.100. The van der Waals surface area contributed by atoms with Crippen LogP contribution in [0.3, 0.4) is 0 Å². The highest BCUT2D eigenvalue weighted by Gasteiger charge is 2.26. The molecule has 36 heavy (non-hydrogen) atoms. The van der Waals surface area contributed by atoms with E-state index in [0.29, 0.717) is 5.71 Å². The number of hydrogen-bond donors (Lipinski definition) is 10. The van der Waals surface area contributed by atoms with Gasteiger partial charge < -0.3 is 43.7 Å². The maximum absolute atomic E-state index is 8.30. The molecule has 180 valence electrons. The summed E-state index contributed by atoms with van der Waals surface area (Å²) in [4.78, 5) is 32.2. The zero-order valence-electron chi connectivity index (χ0n) is 18.7. The van der Waals surface area contributed by atoms with E-state index >= 15 is 0 Å². The average molecular weight is 487 g/mol. The Labute approximate surface area is 201 Å². The first-order valence-electron chi connectivity index (χ1n) is 10.5. The van der Waals surface area contributed by atoms with E-state index < -0.39 is 0 Å². The van der Waals surface area contributed by atoms with Gasteiger partial charge >= 0.3 is 0 Å². The van der Waals surface area contributed by atoms with Crippen molar-refractivity contribution in [3.63, 3.8) is 0 Å². The van der Waals surface area contributed by atoms with E-state index in [1.54, 1.807) is 0 Å². The third-order valence-corrected chi connectivity index (χ3v) is 5.33. The molecule has 0 radical (unpaired) electrons. The minimum atomic E-state index is -0.0531. The molecular weight excluding hydrogens is 464 g/mol. The fourth-order valence-electron chi connectivity index (χ4n) is 3.47. The Hall–Kier alpha value is -5.54. The van der Waals surface area contributed by atoms with E-state index in [0.717, 1.165) is 0 Å². The highest BCUT2D eigenvalue weighted by Crippen LogP contribution is 2.20. The summed E-state index contributed by atoms with van der Waals surface area (Å²) in [7, 11) is 0. The summed E-state index contributed by atoms with van der Waals surface area (Å²) in [6.07, 6.45) is 0.0995. The number of aromatic amines is 2. The van der Waals surface area contributed by atoms with Crippen molar-refractivity contribution in [2.75, 3.05) is 22.9 Å². The van der Waals surface area contributed by atoms with Gasteiger partial charge in [-0.05, 0) is 12.1 Å². The molecule has 0 aromatic carbocycles. The van der Waals surface area contributed by atoms with Crippen molar-refractivity contribution in [3.8, 4) is 0 Å². The van der Waals surface area contributed by atoms with E-state index in [1.165, 1.54) is 12.1 Å². The predicted molar refractivity (Wildman–Crippen MR) is 134 cm³/mol. The van der Waals surface area contributed by atoms with Gasteiger partial charge in [0.2, 0.25) is 23.1 Å². The van der Waals surface area contributed by atoms with Crippen LogP contribution in [0.2, 0.25) is 0 Å². The Morgan fingerprint density at radius 3 is 1.83 bits per heavy atom. The lowest BCUT2D eigenvalue weighted by Gasteiger charge is -2.11. The molecule has 0 aliphatic carbocycles. The largest absolute Gasteiger partial charge is 0.396 e. The monoisotopic (exact) mass is 486 g/mol. The summed E-state index contributed by atoms with van der Waals surface area (Å²) in [6.45, 7) is 0. The van der Waals surface area contributed by atoms with Gasteiger partial charge in [-0.15, -0.1) is 0 Å². The number of nitrogens with zero attached hydrogens (tertiary/aromatic N) is 6. The predicted octanol–water partition coefficient (Wildman–Crippen LogP) is -3.20. The molecule has 0 unspecified atom stereocenters. The van der Waals surface area contributed by atoms with Crippen LogP contribution in [0, 0.1) is 10.8 Å². The number of fused-ring (bicyclic) bond motifs is 8. The van der Waals surface area contributed by atoms with Gasteiger partial charge in [0.1, 0.15) is 6.42 Å². The Bertz CT molecular complexity index is 1470. The second-order valence-electron chi connectivity index (χ2n) is 8.08. The number of nitrogen functional groups attached to an aromatic ring is 4. The highest BCUT2D eigenvalue weighted by atomic mass is 15.1. The Morgan fingerprint density at radius 1 is 0.611 bits per heavy atom. The minimum absolute atomic E-state index is 0.0109. The van der Waals surface area contributed by atoms with Crippen molar-refractivity contribution in [2.45, 2.75) is 12.8 Å². The van der Waals surface area contributed by atoms with Gasteiger partial charge in [0.05, 0.1) is 34.2 Å². The molecule has 0 spiro atoms. The summed E-state index contributed by atoms with van der Waals surface area (Å²) in [5.41, 5.74) is 26.2. The van der Waals surface area contributed by atoms with Crippen LogP contribution in [0.25, 0.3) is 22.6 Å². The lowest BCUT2D eigenvalue weighted by atomic mass is 10.1. The molecule has 16 nitrogen and oxygen atoms in total. The number of nitrogens with two attached hydrogens (primary N) is 6. The molecule has 2 aliphatic heterocycles. The standard InChI is InChI=1S/C20H20N16/c21-5-1-6(22)14-29-13(5)33-15-7(23)2-9(25)17(30-15)35-19-11(27)4-12(28)20(32-19)36-18-10(26)3-8(24)16(31-18)34-14/h1,4,23-26H,2-3,21-22,27-28H2,(H2,29,30,31,32,33,34,35,36)/p+2. The van der Waals surface area contributed by atoms with Crippen molar-refractivity contribution in [1.29, 1.82) is 10.8 Å². The summed E-state index contributed by atoms with van der Waals surface area (Å²) >= 11 is 0. The quantitative estimate of drug-likeness (QED) is 0.151. The molecular formula is C20H22N16+2. The first-order valence-corrected chi connectivity index (χ1v) is 10.5. The number of H-pyrrole nitrogens is 2. The van der Waals surface area contributed by atoms with Crippen molar-refractivity contribution in [2.24, 2.45) is 0 Å². The van der Waals surface area contributed by atoms with Gasteiger partial charge in [-0.25, -0.2) is 24.9 Å². The summed E-state index contributed by atoms with van der Waals surface area (Å²) in [5.74, 6) is 0.412. The minimum Gasteiger partial charge on any atom is -0.396 e. The van der Waals surface area contributed by atoms with Crippen LogP contribution in [0.5, 0.6) is 0 Å². The van der Waals surface area contributed by atoms with Crippen LogP contribution in [0.1, 0.15) is 36.1 Å². The molecule has 0 saturated heterocycles.